The maximum atomic E-state index is 13.2. The molecule has 0 bridgehead atoms. The van der Waals surface area contributed by atoms with E-state index in [9.17, 15) is 9.59 Å². The van der Waals surface area contributed by atoms with Crippen molar-refractivity contribution >= 4 is 23.7 Å². The van der Waals surface area contributed by atoms with Crippen LogP contribution in [-0.2, 0) is 20.7 Å². The third kappa shape index (κ3) is 5.12. The Morgan fingerprint density at radius 2 is 1.89 bits per heavy atom. The van der Waals surface area contributed by atoms with Crippen LogP contribution >= 0.6 is 0 Å². The van der Waals surface area contributed by atoms with Crippen LogP contribution in [0, 0.1) is 5.92 Å². The zero-order valence-electron chi connectivity index (χ0n) is 20.1. The number of rotatable bonds is 8. The lowest BCUT2D eigenvalue weighted by Gasteiger charge is -2.27. The van der Waals surface area contributed by atoms with Crippen LogP contribution in [0.15, 0.2) is 80.6 Å². The zero-order chi connectivity index (χ0) is 24.9. The van der Waals surface area contributed by atoms with Crippen molar-refractivity contribution in [3.8, 4) is 5.75 Å². The Bertz CT molecular complexity index is 1240. The molecule has 1 aliphatic carbocycles. The highest BCUT2D eigenvalue weighted by molar-refractivity contribution is 6.08. The molecule has 3 heterocycles. The van der Waals surface area contributed by atoms with E-state index in [0.717, 1.165) is 42.7 Å². The van der Waals surface area contributed by atoms with Crippen molar-refractivity contribution in [2.45, 2.75) is 38.6 Å². The van der Waals surface area contributed by atoms with Gasteiger partial charge >= 0.3 is 5.97 Å². The molecule has 186 valence electrons. The predicted molar refractivity (Wildman–Crippen MR) is 132 cm³/mol. The van der Waals surface area contributed by atoms with Gasteiger partial charge in [0.2, 0.25) is 0 Å². The molecule has 8 nitrogen and oxygen atoms in total. The number of nitrogens with zero attached hydrogens (tertiary/aromatic N) is 2. The summed E-state index contributed by atoms with van der Waals surface area (Å²) in [6.45, 7) is 1.35. The summed E-state index contributed by atoms with van der Waals surface area (Å²) < 4.78 is 21.9. The second kappa shape index (κ2) is 10.7. The molecular formula is C28H28N2O6. The van der Waals surface area contributed by atoms with Crippen LogP contribution in [0.5, 0.6) is 5.75 Å². The number of hydrogen-bond acceptors (Lipinski definition) is 7. The largest absolute Gasteiger partial charge is 0.482 e. The Kier molecular flexibility index (Phi) is 7.02. The van der Waals surface area contributed by atoms with Crippen LogP contribution in [-0.4, -0.2) is 35.8 Å². The van der Waals surface area contributed by atoms with Crippen LogP contribution < -0.4 is 4.74 Å². The first-order valence-corrected chi connectivity index (χ1v) is 12.2. The van der Waals surface area contributed by atoms with Gasteiger partial charge in [0.1, 0.15) is 23.3 Å². The first-order valence-electron chi connectivity index (χ1n) is 12.2. The molecule has 36 heavy (non-hydrogen) atoms. The molecule has 0 N–H and O–H groups in total. The van der Waals surface area contributed by atoms with Gasteiger partial charge in [0, 0.05) is 5.92 Å². The average Bonchev–Trinajstić information content (AvgIpc) is 3.67. The highest BCUT2D eigenvalue weighted by Crippen LogP contribution is 2.44. The van der Waals surface area contributed by atoms with E-state index in [4.69, 9.17) is 23.4 Å². The van der Waals surface area contributed by atoms with Gasteiger partial charge in [-0.15, -0.1) is 0 Å². The van der Waals surface area contributed by atoms with E-state index in [-0.39, 0.29) is 12.5 Å². The molecule has 2 atom stereocenters. The van der Waals surface area contributed by atoms with E-state index in [0.29, 0.717) is 11.5 Å². The van der Waals surface area contributed by atoms with Crippen LogP contribution in [0.4, 0.5) is 0 Å². The van der Waals surface area contributed by atoms with Gasteiger partial charge in [0.05, 0.1) is 18.2 Å². The second-order valence-corrected chi connectivity index (χ2v) is 8.81. The molecule has 8 heteroatoms. The van der Waals surface area contributed by atoms with Crippen molar-refractivity contribution in [1.82, 2.24) is 5.01 Å². The minimum Gasteiger partial charge on any atom is -0.482 e. The number of aryl methyl sites for hydroxylation is 1. The van der Waals surface area contributed by atoms with Crippen LogP contribution in [0.2, 0.25) is 0 Å². The number of fused-ring (bicyclic) bond motifs is 1. The van der Waals surface area contributed by atoms with Crippen LogP contribution in [0.3, 0.4) is 0 Å². The van der Waals surface area contributed by atoms with E-state index < -0.39 is 24.5 Å². The Morgan fingerprint density at radius 3 is 2.61 bits per heavy atom. The molecular weight excluding hydrogens is 460 g/mol. The first-order chi connectivity index (χ1) is 17.6. The standard InChI is InChI=1S/C28H28N2O6/c1-2-19-10-12-21(13-11-19)35-18-26(32)36-17-25(31)30-28(24-9-5-15-34-24)23-8-3-6-20(27(23)29-30)16-22-7-4-14-33-22/h4-5,7,9-16,23,28H,2-3,6,8,17-18H2,1H3. The lowest BCUT2D eigenvalue weighted by Crippen LogP contribution is -2.34. The van der Waals surface area contributed by atoms with E-state index >= 15 is 0 Å². The lowest BCUT2D eigenvalue weighted by molar-refractivity contribution is -0.154. The Morgan fingerprint density at radius 1 is 1.08 bits per heavy atom. The van der Waals surface area contributed by atoms with Crippen molar-refractivity contribution in [2.24, 2.45) is 11.0 Å². The summed E-state index contributed by atoms with van der Waals surface area (Å²) in [4.78, 5) is 25.4. The van der Waals surface area contributed by atoms with E-state index in [2.05, 4.69) is 6.92 Å². The Labute approximate surface area is 209 Å². The van der Waals surface area contributed by atoms with Crippen molar-refractivity contribution < 1.29 is 27.9 Å². The minimum absolute atomic E-state index is 0.0137. The third-order valence-electron chi connectivity index (χ3n) is 6.50. The van der Waals surface area contributed by atoms with Crippen molar-refractivity contribution in [1.29, 1.82) is 0 Å². The maximum absolute atomic E-state index is 13.2. The Balaban J connectivity index is 1.27. The molecule has 1 fully saturated rings. The number of benzene rings is 1. The molecule has 5 rings (SSSR count). The molecule has 0 spiro atoms. The van der Waals surface area contributed by atoms with Gasteiger partial charge in [0.25, 0.3) is 5.91 Å². The first kappa shape index (κ1) is 23.7. The Hall–Kier alpha value is -4.07. The highest BCUT2D eigenvalue weighted by Gasteiger charge is 2.45. The molecule has 2 aromatic heterocycles. The molecule has 1 amide bonds. The van der Waals surface area contributed by atoms with E-state index in [1.54, 1.807) is 30.7 Å². The fourth-order valence-corrected chi connectivity index (χ4v) is 4.70. The van der Waals surface area contributed by atoms with Gasteiger partial charge in [-0.1, -0.05) is 19.1 Å². The summed E-state index contributed by atoms with van der Waals surface area (Å²) in [5.74, 6) is 0.901. The van der Waals surface area contributed by atoms with E-state index in [1.807, 2.05) is 36.4 Å². The van der Waals surface area contributed by atoms with Gasteiger partial charge in [-0.25, -0.2) is 9.80 Å². The maximum Gasteiger partial charge on any atom is 0.344 e. The molecule has 0 saturated heterocycles. The highest BCUT2D eigenvalue weighted by atomic mass is 16.6. The quantitative estimate of drug-likeness (QED) is 0.406. The third-order valence-corrected chi connectivity index (χ3v) is 6.50. The number of hydrogen-bond donors (Lipinski definition) is 0. The molecule has 1 saturated carbocycles. The average molecular weight is 489 g/mol. The number of carbonyl (C=O) groups is 2. The number of ether oxygens (including phenoxy) is 2. The lowest BCUT2D eigenvalue weighted by atomic mass is 9.79. The molecule has 1 aliphatic heterocycles. The minimum atomic E-state index is -0.625. The smallest absolute Gasteiger partial charge is 0.344 e. The molecule has 3 aromatic rings. The van der Waals surface area contributed by atoms with Gasteiger partial charge in [0.15, 0.2) is 13.2 Å². The molecule has 2 unspecified atom stereocenters. The summed E-state index contributed by atoms with van der Waals surface area (Å²) >= 11 is 0. The predicted octanol–water partition coefficient (Wildman–Crippen LogP) is 5.18. The number of amides is 1. The summed E-state index contributed by atoms with van der Waals surface area (Å²) in [5, 5.41) is 6.11. The SMILES string of the molecule is CCc1ccc(OCC(=O)OCC(=O)N2N=C3C(=Cc4ccco4)CCCC3C2c2ccco2)cc1. The van der Waals surface area contributed by atoms with Gasteiger partial charge in [-0.2, -0.15) is 5.10 Å². The second-order valence-electron chi connectivity index (χ2n) is 8.81. The van der Waals surface area contributed by atoms with E-state index in [1.165, 1.54) is 10.6 Å². The number of carbonyl (C=O) groups excluding carboxylic acids is 2. The zero-order valence-corrected chi connectivity index (χ0v) is 20.1. The number of hydrazone groups is 1. The van der Waals surface area contributed by atoms with Gasteiger partial charge in [-0.05, 0) is 79.3 Å². The molecule has 2 aliphatic rings. The van der Waals surface area contributed by atoms with Crippen molar-refractivity contribution in [3.05, 3.63) is 83.7 Å². The summed E-state index contributed by atoms with van der Waals surface area (Å²) in [6, 6.07) is 14.5. The fraction of sp³-hybridized carbons (Fsp3) is 0.321. The summed E-state index contributed by atoms with van der Waals surface area (Å²) in [6.07, 6.45) is 8.78. The summed E-state index contributed by atoms with van der Waals surface area (Å²) in [5.41, 5.74) is 3.06. The molecule has 0 radical (unpaired) electrons. The monoisotopic (exact) mass is 488 g/mol. The topological polar surface area (TPSA) is 94.5 Å². The van der Waals surface area contributed by atoms with Crippen LogP contribution in [0.1, 0.15) is 49.3 Å². The van der Waals surface area contributed by atoms with Crippen LogP contribution in [0.25, 0.3) is 6.08 Å². The number of allylic oxidation sites excluding steroid dienone is 1. The van der Waals surface area contributed by atoms with Gasteiger partial charge < -0.3 is 18.3 Å². The summed E-state index contributed by atoms with van der Waals surface area (Å²) in [7, 11) is 0. The van der Waals surface area contributed by atoms with Gasteiger partial charge in [-0.3, -0.25) is 4.79 Å². The normalized spacial score (nSPS) is 20.2. The molecule has 1 aromatic carbocycles. The number of furan rings is 2. The van der Waals surface area contributed by atoms with Crippen molar-refractivity contribution in [3.63, 3.8) is 0 Å². The number of esters is 1. The fourth-order valence-electron chi connectivity index (χ4n) is 4.70. The van der Waals surface area contributed by atoms with Crippen molar-refractivity contribution in [2.75, 3.05) is 13.2 Å².